The molecule has 0 amide bonds. The standard InChI is InChI=1S/C16H15F6N3.ClH/c17-15(18,19)9-6-10(23)8-25(7-9)13-4-3-12(16(20,21)22)14-11(13)2-1-5-24-14;/h1-5,9-10H,6-8,23H2;1H/t9-,10+;/m0./s1. The zero-order chi connectivity index (χ0) is 18.4. The van der Waals surface area contributed by atoms with Gasteiger partial charge in [-0.2, -0.15) is 26.3 Å². The Balaban J connectivity index is 0.00000243. The Morgan fingerprint density at radius 3 is 2.35 bits per heavy atom. The molecule has 3 nitrogen and oxygen atoms in total. The minimum atomic E-state index is -4.60. The number of nitrogens with two attached hydrogens (primary N) is 1. The predicted molar refractivity (Wildman–Crippen MR) is 88.3 cm³/mol. The normalized spacial score (nSPS) is 21.6. The highest BCUT2D eigenvalue weighted by Gasteiger charge is 2.44. The van der Waals surface area contributed by atoms with E-state index in [-0.39, 0.29) is 48.5 Å². The van der Waals surface area contributed by atoms with Gasteiger partial charge in [0.25, 0.3) is 0 Å². The van der Waals surface area contributed by atoms with Gasteiger partial charge in [-0.25, -0.2) is 0 Å². The molecule has 1 aromatic carbocycles. The van der Waals surface area contributed by atoms with Crippen molar-refractivity contribution in [2.45, 2.75) is 24.8 Å². The second-order valence-corrected chi connectivity index (χ2v) is 6.17. The zero-order valence-electron chi connectivity index (χ0n) is 13.3. The van der Waals surface area contributed by atoms with E-state index in [4.69, 9.17) is 5.73 Å². The molecule has 2 aromatic rings. The van der Waals surface area contributed by atoms with E-state index in [1.54, 1.807) is 0 Å². The molecule has 144 valence electrons. The highest BCUT2D eigenvalue weighted by atomic mass is 35.5. The van der Waals surface area contributed by atoms with Crippen LogP contribution in [0.1, 0.15) is 12.0 Å². The molecule has 2 heterocycles. The van der Waals surface area contributed by atoms with Gasteiger partial charge in [-0.1, -0.05) is 0 Å². The first-order chi connectivity index (χ1) is 11.6. The Bertz CT molecular complexity index is 777. The van der Waals surface area contributed by atoms with Gasteiger partial charge in [0.15, 0.2) is 0 Å². The highest BCUT2D eigenvalue weighted by molar-refractivity contribution is 5.94. The van der Waals surface area contributed by atoms with Crippen molar-refractivity contribution in [1.82, 2.24) is 4.98 Å². The van der Waals surface area contributed by atoms with Crippen molar-refractivity contribution in [1.29, 1.82) is 0 Å². The van der Waals surface area contributed by atoms with Crippen LogP contribution < -0.4 is 10.6 Å². The Morgan fingerprint density at radius 1 is 1.04 bits per heavy atom. The van der Waals surface area contributed by atoms with E-state index in [1.165, 1.54) is 29.3 Å². The van der Waals surface area contributed by atoms with Gasteiger partial charge in [0.1, 0.15) is 0 Å². The summed E-state index contributed by atoms with van der Waals surface area (Å²) in [5.41, 5.74) is 4.84. The van der Waals surface area contributed by atoms with Crippen molar-refractivity contribution in [3.63, 3.8) is 0 Å². The lowest BCUT2D eigenvalue weighted by Crippen LogP contribution is -2.51. The summed E-state index contributed by atoms with van der Waals surface area (Å²) in [7, 11) is 0. The van der Waals surface area contributed by atoms with Crippen molar-refractivity contribution in [2.24, 2.45) is 11.7 Å². The van der Waals surface area contributed by atoms with Crippen LogP contribution in [0, 0.1) is 5.92 Å². The van der Waals surface area contributed by atoms with E-state index in [0.717, 1.165) is 6.07 Å². The van der Waals surface area contributed by atoms with Gasteiger partial charge >= 0.3 is 12.4 Å². The summed E-state index contributed by atoms with van der Waals surface area (Å²) < 4.78 is 78.7. The third kappa shape index (κ3) is 3.98. The first-order valence-electron chi connectivity index (χ1n) is 7.59. The van der Waals surface area contributed by atoms with Gasteiger partial charge in [-0.3, -0.25) is 4.98 Å². The molecule has 2 atom stereocenters. The minimum absolute atomic E-state index is 0. The van der Waals surface area contributed by atoms with Crippen molar-refractivity contribution in [3.8, 4) is 0 Å². The average molecular weight is 400 g/mol. The molecule has 0 aliphatic carbocycles. The average Bonchev–Trinajstić information content (AvgIpc) is 2.51. The van der Waals surface area contributed by atoms with Crippen molar-refractivity contribution >= 4 is 29.0 Å². The molecule has 1 fully saturated rings. The van der Waals surface area contributed by atoms with Crippen molar-refractivity contribution < 1.29 is 26.3 Å². The second-order valence-electron chi connectivity index (χ2n) is 6.17. The molecule has 1 aliphatic heterocycles. The van der Waals surface area contributed by atoms with Crippen LogP contribution in [-0.2, 0) is 6.18 Å². The van der Waals surface area contributed by atoms with Gasteiger partial charge in [-0.15, -0.1) is 12.4 Å². The topological polar surface area (TPSA) is 42.1 Å². The minimum Gasteiger partial charge on any atom is -0.369 e. The van der Waals surface area contributed by atoms with Gasteiger partial charge in [0.05, 0.1) is 17.0 Å². The van der Waals surface area contributed by atoms with Gasteiger partial charge in [0, 0.05) is 36.4 Å². The van der Waals surface area contributed by atoms with E-state index >= 15 is 0 Å². The fourth-order valence-electron chi connectivity index (χ4n) is 3.23. The number of halogens is 7. The molecule has 1 aliphatic rings. The molecule has 0 unspecified atom stereocenters. The monoisotopic (exact) mass is 399 g/mol. The molecular formula is C16H16ClF6N3. The molecule has 26 heavy (non-hydrogen) atoms. The molecule has 0 spiro atoms. The maximum atomic E-state index is 13.1. The zero-order valence-corrected chi connectivity index (χ0v) is 14.1. The Labute approximate surface area is 151 Å². The van der Waals surface area contributed by atoms with Gasteiger partial charge in [-0.05, 0) is 30.7 Å². The maximum absolute atomic E-state index is 13.1. The van der Waals surface area contributed by atoms with E-state index in [1.807, 2.05) is 0 Å². The molecular weight excluding hydrogens is 384 g/mol. The Hall–Kier alpha value is -1.74. The first kappa shape index (κ1) is 20.6. The lowest BCUT2D eigenvalue weighted by atomic mass is 9.93. The molecule has 0 radical (unpaired) electrons. The quantitative estimate of drug-likeness (QED) is 0.723. The van der Waals surface area contributed by atoms with Crippen LogP contribution in [0.4, 0.5) is 32.0 Å². The summed E-state index contributed by atoms with van der Waals surface area (Å²) in [6.07, 6.45) is -7.98. The smallest absolute Gasteiger partial charge is 0.369 e. The molecule has 1 saturated heterocycles. The maximum Gasteiger partial charge on any atom is 0.418 e. The number of rotatable bonds is 1. The Kier molecular flexibility index (Phi) is 5.63. The second kappa shape index (κ2) is 7.11. The number of benzene rings is 1. The number of pyridine rings is 1. The summed E-state index contributed by atoms with van der Waals surface area (Å²) in [6, 6.07) is 4.22. The molecule has 0 bridgehead atoms. The van der Waals surface area contributed by atoms with Crippen molar-refractivity contribution in [2.75, 3.05) is 18.0 Å². The summed E-state index contributed by atoms with van der Waals surface area (Å²) in [6.45, 7) is -0.200. The highest BCUT2D eigenvalue weighted by Crippen LogP contribution is 2.40. The van der Waals surface area contributed by atoms with Crippen LogP contribution in [0.25, 0.3) is 10.9 Å². The van der Waals surface area contributed by atoms with Crippen LogP contribution in [0.3, 0.4) is 0 Å². The fourth-order valence-corrected chi connectivity index (χ4v) is 3.23. The molecule has 1 aromatic heterocycles. The van der Waals surface area contributed by atoms with Crippen LogP contribution in [-0.4, -0.2) is 30.3 Å². The number of alkyl halides is 6. The van der Waals surface area contributed by atoms with Crippen LogP contribution in [0.5, 0.6) is 0 Å². The van der Waals surface area contributed by atoms with Crippen LogP contribution >= 0.6 is 12.4 Å². The van der Waals surface area contributed by atoms with E-state index < -0.39 is 29.9 Å². The van der Waals surface area contributed by atoms with Crippen molar-refractivity contribution in [3.05, 3.63) is 36.0 Å². The molecule has 10 heteroatoms. The SMILES string of the molecule is Cl.N[C@@H]1C[C@H](C(F)(F)F)CN(c2ccc(C(F)(F)F)c3ncccc23)C1. The number of hydrogen-bond donors (Lipinski definition) is 1. The summed E-state index contributed by atoms with van der Waals surface area (Å²) in [5, 5.41) is 0.160. The summed E-state index contributed by atoms with van der Waals surface area (Å²) >= 11 is 0. The fraction of sp³-hybridized carbons (Fsp3) is 0.438. The van der Waals surface area contributed by atoms with E-state index in [2.05, 4.69) is 4.98 Å². The predicted octanol–water partition coefficient (Wildman–Crippen LogP) is 4.39. The number of hydrogen-bond acceptors (Lipinski definition) is 3. The number of fused-ring (bicyclic) bond motifs is 1. The molecule has 3 rings (SSSR count). The number of aromatic nitrogens is 1. The van der Waals surface area contributed by atoms with Gasteiger partial charge in [0.2, 0.25) is 0 Å². The number of anilines is 1. The molecule has 2 N–H and O–H groups in total. The third-order valence-corrected chi connectivity index (χ3v) is 4.34. The Morgan fingerprint density at radius 2 is 1.73 bits per heavy atom. The summed E-state index contributed by atoms with van der Waals surface area (Å²) in [5.74, 6) is -1.62. The third-order valence-electron chi connectivity index (χ3n) is 4.34. The lowest BCUT2D eigenvalue weighted by Gasteiger charge is -2.39. The summed E-state index contributed by atoms with van der Waals surface area (Å²) in [4.78, 5) is 5.19. The molecule has 0 saturated carbocycles. The lowest BCUT2D eigenvalue weighted by molar-refractivity contribution is -0.177. The van der Waals surface area contributed by atoms with E-state index in [0.29, 0.717) is 0 Å². The van der Waals surface area contributed by atoms with Gasteiger partial charge < -0.3 is 10.6 Å². The number of nitrogens with zero attached hydrogens (tertiary/aromatic N) is 2. The van der Waals surface area contributed by atoms with Crippen LogP contribution in [0.2, 0.25) is 0 Å². The first-order valence-corrected chi connectivity index (χ1v) is 7.59. The largest absolute Gasteiger partial charge is 0.418 e. The van der Waals surface area contributed by atoms with E-state index in [9.17, 15) is 26.3 Å². The number of piperidine rings is 1. The van der Waals surface area contributed by atoms with Crippen LogP contribution in [0.15, 0.2) is 30.5 Å².